The highest BCUT2D eigenvalue weighted by molar-refractivity contribution is 5.83. The van der Waals surface area contributed by atoms with Gasteiger partial charge in [-0.05, 0) is 105 Å². The van der Waals surface area contributed by atoms with E-state index in [0.717, 1.165) is 44.6 Å². The molecule has 31 heavy (non-hydrogen) atoms. The maximum Gasteiger partial charge on any atom is 0.136 e. The number of rotatable bonds is 0. The van der Waals surface area contributed by atoms with Crippen LogP contribution in [0.5, 0.6) is 0 Å². The van der Waals surface area contributed by atoms with Gasteiger partial charge < -0.3 is 10.2 Å². The third-order valence-corrected chi connectivity index (χ3v) is 11.8. The zero-order valence-corrected chi connectivity index (χ0v) is 19.8. The lowest BCUT2D eigenvalue weighted by Crippen LogP contribution is -2.67. The number of hydrogen-bond donors (Lipinski definition) is 2. The fraction of sp³-hybridized carbons (Fsp3) is 0.963. The Morgan fingerprint density at radius 3 is 2.52 bits per heavy atom. The summed E-state index contributed by atoms with van der Waals surface area (Å²) in [6.45, 7) is 9.23. The zero-order valence-electron chi connectivity index (χ0n) is 19.8. The van der Waals surface area contributed by atoms with Crippen LogP contribution in [-0.2, 0) is 4.79 Å². The second kappa shape index (κ2) is 7.03. The Morgan fingerprint density at radius 2 is 1.71 bits per heavy atom. The van der Waals surface area contributed by atoms with E-state index < -0.39 is 5.60 Å². The third kappa shape index (κ3) is 2.93. The van der Waals surface area contributed by atoms with E-state index in [1.807, 2.05) is 0 Å². The Balaban J connectivity index is 1.31. The topological polar surface area (TPSA) is 60.8 Å². The second-order valence-electron chi connectivity index (χ2n) is 13.2. The number of aliphatic hydroxyl groups is 2. The molecular weight excluding hydrogens is 386 g/mol. The molecule has 0 bridgehead atoms. The number of aliphatic hydroxyl groups excluding tert-OH is 1. The number of piperidine rings is 2. The molecule has 2 N–H and O–H groups in total. The Morgan fingerprint density at radius 1 is 0.903 bits per heavy atom. The van der Waals surface area contributed by atoms with E-state index in [9.17, 15) is 15.0 Å². The van der Waals surface area contributed by atoms with Crippen LogP contribution < -0.4 is 0 Å². The minimum absolute atomic E-state index is 0.0789. The average molecular weight is 430 g/mol. The van der Waals surface area contributed by atoms with E-state index in [1.165, 1.54) is 25.8 Å². The molecule has 2 heterocycles. The van der Waals surface area contributed by atoms with Crippen LogP contribution in [-0.4, -0.2) is 51.7 Å². The Hall–Kier alpha value is -0.450. The highest BCUT2D eigenvalue weighted by Gasteiger charge is 2.64. The maximum absolute atomic E-state index is 13.2. The van der Waals surface area contributed by atoms with E-state index in [-0.39, 0.29) is 17.4 Å². The van der Waals surface area contributed by atoms with Gasteiger partial charge in [0.1, 0.15) is 5.78 Å². The molecule has 4 nitrogen and oxygen atoms in total. The molecule has 4 saturated carbocycles. The predicted molar refractivity (Wildman–Crippen MR) is 120 cm³/mol. The molecule has 0 aromatic carbocycles. The second-order valence-corrected chi connectivity index (χ2v) is 13.2. The molecule has 6 rings (SSSR count). The smallest absolute Gasteiger partial charge is 0.136 e. The number of carbonyl (C=O) groups is 1. The van der Waals surface area contributed by atoms with Crippen molar-refractivity contribution in [3.05, 3.63) is 0 Å². The molecular formula is C27H43NO3. The molecule has 4 heteroatoms. The molecule has 4 aliphatic carbocycles. The summed E-state index contributed by atoms with van der Waals surface area (Å²) in [7, 11) is 0. The Kier molecular flexibility index (Phi) is 4.78. The first-order chi connectivity index (χ1) is 14.7. The molecule has 12 atom stereocenters. The van der Waals surface area contributed by atoms with Crippen molar-refractivity contribution >= 4 is 5.78 Å². The lowest BCUT2D eigenvalue weighted by molar-refractivity contribution is -0.175. The average Bonchev–Trinajstić information content (AvgIpc) is 3.09. The van der Waals surface area contributed by atoms with Crippen molar-refractivity contribution in [3.8, 4) is 0 Å². The molecule has 0 aromatic rings. The van der Waals surface area contributed by atoms with E-state index >= 15 is 0 Å². The summed E-state index contributed by atoms with van der Waals surface area (Å²) >= 11 is 0. The minimum Gasteiger partial charge on any atom is -0.393 e. The van der Waals surface area contributed by atoms with Crippen molar-refractivity contribution in [2.24, 2.45) is 52.8 Å². The van der Waals surface area contributed by atoms with Crippen LogP contribution >= 0.6 is 0 Å². The molecule has 0 aromatic heterocycles. The van der Waals surface area contributed by atoms with E-state index in [1.54, 1.807) is 0 Å². The van der Waals surface area contributed by atoms with Gasteiger partial charge in [0.2, 0.25) is 0 Å². The van der Waals surface area contributed by atoms with Gasteiger partial charge in [0.05, 0.1) is 11.7 Å². The van der Waals surface area contributed by atoms with Gasteiger partial charge in [-0.1, -0.05) is 13.8 Å². The first-order valence-electron chi connectivity index (χ1n) is 13.4. The summed E-state index contributed by atoms with van der Waals surface area (Å²) < 4.78 is 0. The first-order valence-corrected chi connectivity index (χ1v) is 13.4. The fourth-order valence-electron chi connectivity index (χ4n) is 10.4. The SMILES string of the molecule is C[C@@H]1CC[C@@H]2N(C1)C[C@H]1[C@@H]3C[C@H]4[C@@H](CC(=O)[C@H]5C[C@@H](O)CC[C@@]54C)[C@@H]3CC[C@@H]1[C@]2(C)O. The third-order valence-electron chi connectivity index (χ3n) is 11.8. The molecule has 6 fully saturated rings. The number of fused-ring (bicyclic) bond motifs is 8. The van der Waals surface area contributed by atoms with Crippen molar-refractivity contribution in [2.75, 3.05) is 13.1 Å². The van der Waals surface area contributed by atoms with Gasteiger partial charge in [-0.15, -0.1) is 0 Å². The van der Waals surface area contributed by atoms with Crippen molar-refractivity contribution in [3.63, 3.8) is 0 Å². The van der Waals surface area contributed by atoms with Gasteiger partial charge in [0, 0.05) is 31.5 Å². The van der Waals surface area contributed by atoms with Crippen molar-refractivity contribution in [1.29, 1.82) is 0 Å². The van der Waals surface area contributed by atoms with Crippen LogP contribution in [0.4, 0.5) is 0 Å². The highest BCUT2D eigenvalue weighted by atomic mass is 16.3. The number of Topliss-reactive ketones (excluding diaryl/α,β-unsaturated/α-hetero) is 1. The van der Waals surface area contributed by atoms with Crippen LogP contribution in [0.25, 0.3) is 0 Å². The van der Waals surface area contributed by atoms with Crippen LogP contribution in [0.2, 0.25) is 0 Å². The summed E-state index contributed by atoms with van der Waals surface area (Å²) in [5, 5.41) is 22.1. The van der Waals surface area contributed by atoms with Crippen LogP contribution in [0.1, 0.15) is 78.6 Å². The predicted octanol–water partition coefficient (Wildman–Crippen LogP) is 3.89. The summed E-state index contributed by atoms with van der Waals surface area (Å²) in [6.07, 6.45) is 9.08. The van der Waals surface area contributed by atoms with E-state index in [4.69, 9.17) is 0 Å². The Bertz CT molecular complexity index is 751. The largest absolute Gasteiger partial charge is 0.393 e. The maximum atomic E-state index is 13.2. The van der Waals surface area contributed by atoms with E-state index in [2.05, 4.69) is 25.7 Å². The number of nitrogens with zero attached hydrogens (tertiary/aromatic N) is 1. The zero-order chi connectivity index (χ0) is 21.7. The fourth-order valence-corrected chi connectivity index (χ4v) is 10.4. The molecule has 0 spiro atoms. The molecule has 6 aliphatic rings. The standard InChI is InChI=1S/C27H43NO3/c1-15-4-7-25-27(3,31)21-6-5-17-18(20(21)14-28(25)13-15)11-22-19(17)12-24(30)23-10-16(29)8-9-26(22,23)2/h15-23,25,29,31H,4-14H2,1-3H3/t15-,16+,17-,18-,19+,20+,21+,22+,23-,25+,26-,27+/m1/s1. The quantitative estimate of drug-likeness (QED) is 0.613. The van der Waals surface area contributed by atoms with Crippen LogP contribution in [0.3, 0.4) is 0 Å². The summed E-state index contributed by atoms with van der Waals surface area (Å²) in [6, 6.07) is 0.341. The highest BCUT2D eigenvalue weighted by Crippen LogP contribution is 2.66. The van der Waals surface area contributed by atoms with Gasteiger partial charge in [-0.25, -0.2) is 0 Å². The summed E-state index contributed by atoms with van der Waals surface area (Å²) in [5.74, 6) is 4.82. The number of carbonyl (C=O) groups excluding carboxylic acids is 1. The molecule has 0 amide bonds. The summed E-state index contributed by atoms with van der Waals surface area (Å²) in [5.41, 5.74) is -0.482. The minimum atomic E-state index is -0.570. The lowest BCUT2D eigenvalue weighted by Gasteiger charge is -2.59. The van der Waals surface area contributed by atoms with Gasteiger partial charge >= 0.3 is 0 Å². The summed E-state index contributed by atoms with van der Waals surface area (Å²) in [4.78, 5) is 15.9. The van der Waals surface area contributed by atoms with Gasteiger partial charge in [-0.3, -0.25) is 9.69 Å². The number of hydrogen-bond acceptors (Lipinski definition) is 4. The monoisotopic (exact) mass is 429 g/mol. The molecule has 2 saturated heterocycles. The van der Waals surface area contributed by atoms with Crippen molar-refractivity contribution < 1.29 is 15.0 Å². The molecule has 2 aliphatic heterocycles. The van der Waals surface area contributed by atoms with E-state index in [0.29, 0.717) is 53.8 Å². The van der Waals surface area contributed by atoms with Crippen molar-refractivity contribution in [2.45, 2.75) is 96.3 Å². The van der Waals surface area contributed by atoms with Crippen LogP contribution in [0.15, 0.2) is 0 Å². The van der Waals surface area contributed by atoms with Gasteiger partial charge in [0.25, 0.3) is 0 Å². The van der Waals surface area contributed by atoms with Gasteiger partial charge in [-0.2, -0.15) is 0 Å². The number of ketones is 1. The molecule has 0 radical (unpaired) electrons. The molecule has 0 unspecified atom stereocenters. The molecule has 174 valence electrons. The van der Waals surface area contributed by atoms with Crippen molar-refractivity contribution in [1.82, 2.24) is 4.90 Å². The Labute approximate surface area is 188 Å². The normalized spacial score (nSPS) is 59.2. The first kappa shape index (κ1) is 21.1. The lowest BCUT2D eigenvalue weighted by atomic mass is 9.51. The van der Waals surface area contributed by atoms with Gasteiger partial charge in [0.15, 0.2) is 0 Å². The van der Waals surface area contributed by atoms with Crippen LogP contribution in [0, 0.1) is 52.8 Å².